The van der Waals surface area contributed by atoms with Crippen LogP contribution in [-0.2, 0) is 0 Å². The Morgan fingerprint density at radius 2 is 1.90 bits per heavy atom. The van der Waals surface area contributed by atoms with Gasteiger partial charge < -0.3 is 15.2 Å². The van der Waals surface area contributed by atoms with Crippen LogP contribution in [0.25, 0.3) is 0 Å². The van der Waals surface area contributed by atoms with Crippen molar-refractivity contribution in [2.45, 2.75) is 0 Å². The summed E-state index contributed by atoms with van der Waals surface area (Å²) in [5.41, 5.74) is 6.35. The highest BCUT2D eigenvalue weighted by atomic mass is 16.6. The Morgan fingerprint density at radius 3 is 2.52 bits per heavy atom. The zero-order chi connectivity index (χ0) is 15.2. The van der Waals surface area contributed by atoms with Gasteiger partial charge in [0.15, 0.2) is 0 Å². The van der Waals surface area contributed by atoms with Gasteiger partial charge in [-0.15, -0.1) is 0 Å². The number of para-hydroxylation sites is 1. The molecule has 0 heterocycles. The van der Waals surface area contributed by atoms with E-state index in [1.807, 2.05) is 6.07 Å². The minimum atomic E-state index is -0.630. The van der Waals surface area contributed by atoms with Crippen molar-refractivity contribution in [3.63, 3.8) is 0 Å². The van der Waals surface area contributed by atoms with Gasteiger partial charge in [-0.05, 0) is 30.3 Å². The van der Waals surface area contributed by atoms with Gasteiger partial charge in [-0.25, -0.2) is 4.79 Å². The number of methoxy groups -OCH3 is 1. The van der Waals surface area contributed by atoms with Gasteiger partial charge in [-0.1, -0.05) is 18.2 Å². The lowest BCUT2D eigenvalue weighted by Gasteiger charge is -2.11. The Bertz CT molecular complexity index is 656. The number of nitrogen functional groups attached to an aromatic ring is 1. The number of rotatable bonds is 4. The molecule has 0 saturated carbocycles. The topological polar surface area (TPSA) is 97.4 Å². The number of hydrogen-bond donors (Lipinski definition) is 3. The lowest BCUT2D eigenvalue weighted by molar-refractivity contribution is 0.215. The van der Waals surface area contributed by atoms with Gasteiger partial charge in [0, 0.05) is 5.56 Å². The minimum Gasteiger partial charge on any atom is -0.495 e. The van der Waals surface area contributed by atoms with E-state index in [1.165, 1.54) is 7.11 Å². The Labute approximate surface area is 122 Å². The van der Waals surface area contributed by atoms with Gasteiger partial charge in [0.2, 0.25) is 0 Å². The molecule has 0 saturated heterocycles. The number of amidine groups is 1. The summed E-state index contributed by atoms with van der Waals surface area (Å²) >= 11 is 0. The number of amides is 1. The highest BCUT2D eigenvalue weighted by Crippen LogP contribution is 2.25. The first kappa shape index (κ1) is 14.4. The molecule has 6 heteroatoms. The number of nitrogens with one attached hydrogen (secondary N) is 2. The molecule has 108 valence electrons. The van der Waals surface area contributed by atoms with Crippen LogP contribution in [-0.4, -0.2) is 19.0 Å². The molecule has 0 unspecified atom stereocenters. The predicted molar refractivity (Wildman–Crippen MR) is 80.1 cm³/mol. The van der Waals surface area contributed by atoms with E-state index < -0.39 is 6.09 Å². The first-order valence-corrected chi connectivity index (χ1v) is 6.16. The molecule has 0 aromatic heterocycles. The number of benzene rings is 2. The van der Waals surface area contributed by atoms with Crippen molar-refractivity contribution in [2.75, 3.05) is 12.4 Å². The van der Waals surface area contributed by atoms with Crippen molar-refractivity contribution in [1.29, 1.82) is 5.41 Å². The van der Waals surface area contributed by atoms with E-state index in [9.17, 15) is 4.79 Å². The summed E-state index contributed by atoms with van der Waals surface area (Å²) in [5, 5.41) is 9.96. The van der Waals surface area contributed by atoms with Crippen molar-refractivity contribution < 1.29 is 14.3 Å². The van der Waals surface area contributed by atoms with Gasteiger partial charge in [0.25, 0.3) is 0 Å². The molecule has 0 radical (unpaired) electrons. The van der Waals surface area contributed by atoms with Crippen LogP contribution in [0.3, 0.4) is 0 Å². The molecule has 0 aliphatic heterocycles. The normalized spacial score (nSPS) is 9.76. The standard InChI is InChI=1S/C15H15N3O3/c1-20-13-9-10(14(16)17)7-8-12(13)18-15(19)21-11-5-3-2-4-6-11/h2-9H,1H3,(H3,16,17)(H,18,19). The fourth-order valence-corrected chi connectivity index (χ4v) is 1.69. The Balaban J connectivity index is 2.12. The number of nitrogens with two attached hydrogens (primary N) is 1. The average Bonchev–Trinajstić information content (AvgIpc) is 2.48. The maximum atomic E-state index is 11.8. The number of ether oxygens (including phenoxy) is 2. The Kier molecular flexibility index (Phi) is 4.40. The molecule has 0 fully saturated rings. The van der Waals surface area contributed by atoms with Crippen LogP contribution in [0.15, 0.2) is 48.5 Å². The summed E-state index contributed by atoms with van der Waals surface area (Å²) in [5.74, 6) is 0.758. The molecule has 0 spiro atoms. The van der Waals surface area contributed by atoms with Crippen molar-refractivity contribution in [3.05, 3.63) is 54.1 Å². The maximum Gasteiger partial charge on any atom is 0.417 e. The molecular weight excluding hydrogens is 270 g/mol. The largest absolute Gasteiger partial charge is 0.495 e. The number of hydrogen-bond acceptors (Lipinski definition) is 4. The summed E-state index contributed by atoms with van der Waals surface area (Å²) < 4.78 is 10.3. The second-order valence-electron chi connectivity index (χ2n) is 4.16. The summed E-state index contributed by atoms with van der Waals surface area (Å²) in [4.78, 5) is 11.8. The van der Waals surface area contributed by atoms with E-state index in [-0.39, 0.29) is 5.84 Å². The van der Waals surface area contributed by atoms with Crippen molar-refractivity contribution in [2.24, 2.45) is 5.73 Å². The van der Waals surface area contributed by atoms with E-state index in [2.05, 4.69) is 5.32 Å². The van der Waals surface area contributed by atoms with Crippen molar-refractivity contribution >= 4 is 17.6 Å². The molecule has 1 amide bonds. The monoisotopic (exact) mass is 285 g/mol. The van der Waals surface area contributed by atoms with E-state index in [1.54, 1.807) is 42.5 Å². The lowest BCUT2D eigenvalue weighted by atomic mass is 10.1. The second kappa shape index (κ2) is 6.42. The quantitative estimate of drug-likeness (QED) is 0.594. The first-order chi connectivity index (χ1) is 10.1. The molecular formula is C15H15N3O3. The molecule has 0 aliphatic rings. The molecule has 21 heavy (non-hydrogen) atoms. The predicted octanol–water partition coefficient (Wildman–Crippen LogP) is 2.59. The van der Waals surface area contributed by atoms with E-state index >= 15 is 0 Å². The zero-order valence-electron chi connectivity index (χ0n) is 11.4. The number of anilines is 1. The van der Waals surface area contributed by atoms with Gasteiger partial charge >= 0.3 is 6.09 Å². The van der Waals surface area contributed by atoms with Crippen molar-refractivity contribution in [1.82, 2.24) is 0 Å². The van der Waals surface area contributed by atoms with Crippen LogP contribution in [0.2, 0.25) is 0 Å². The molecule has 0 aliphatic carbocycles. The molecule has 4 N–H and O–H groups in total. The Hall–Kier alpha value is -3.02. The van der Waals surface area contributed by atoms with Crippen LogP contribution < -0.4 is 20.5 Å². The molecule has 2 aromatic rings. The van der Waals surface area contributed by atoms with Gasteiger partial charge in [-0.2, -0.15) is 0 Å². The highest BCUT2D eigenvalue weighted by Gasteiger charge is 2.11. The summed E-state index contributed by atoms with van der Waals surface area (Å²) in [6.07, 6.45) is -0.630. The van der Waals surface area contributed by atoms with Gasteiger partial charge in [0.1, 0.15) is 17.3 Å². The van der Waals surface area contributed by atoms with E-state index in [4.69, 9.17) is 20.6 Å². The third-order valence-electron chi connectivity index (χ3n) is 2.70. The fraction of sp³-hybridized carbons (Fsp3) is 0.0667. The van der Waals surface area contributed by atoms with Crippen LogP contribution in [0, 0.1) is 5.41 Å². The van der Waals surface area contributed by atoms with E-state index in [0.717, 1.165) is 0 Å². The highest BCUT2D eigenvalue weighted by molar-refractivity contribution is 5.97. The minimum absolute atomic E-state index is 0.0771. The van der Waals surface area contributed by atoms with E-state index in [0.29, 0.717) is 22.7 Å². The van der Waals surface area contributed by atoms with Crippen LogP contribution in [0.1, 0.15) is 5.56 Å². The first-order valence-electron chi connectivity index (χ1n) is 6.16. The van der Waals surface area contributed by atoms with Crippen LogP contribution in [0.4, 0.5) is 10.5 Å². The number of carbonyl (C=O) groups is 1. The molecule has 0 bridgehead atoms. The van der Waals surface area contributed by atoms with Crippen LogP contribution in [0.5, 0.6) is 11.5 Å². The molecule has 2 aromatic carbocycles. The van der Waals surface area contributed by atoms with Crippen LogP contribution >= 0.6 is 0 Å². The Morgan fingerprint density at radius 1 is 1.19 bits per heavy atom. The smallest absolute Gasteiger partial charge is 0.417 e. The molecule has 0 atom stereocenters. The zero-order valence-corrected chi connectivity index (χ0v) is 11.4. The fourth-order valence-electron chi connectivity index (χ4n) is 1.69. The second-order valence-corrected chi connectivity index (χ2v) is 4.16. The van der Waals surface area contributed by atoms with Crippen molar-refractivity contribution in [3.8, 4) is 11.5 Å². The summed E-state index contributed by atoms with van der Waals surface area (Å²) in [7, 11) is 1.47. The third kappa shape index (κ3) is 3.73. The summed E-state index contributed by atoms with van der Waals surface area (Å²) in [6.45, 7) is 0. The third-order valence-corrected chi connectivity index (χ3v) is 2.70. The molecule has 6 nitrogen and oxygen atoms in total. The average molecular weight is 285 g/mol. The maximum absolute atomic E-state index is 11.8. The lowest BCUT2D eigenvalue weighted by Crippen LogP contribution is -2.18. The summed E-state index contributed by atoms with van der Waals surface area (Å²) in [6, 6.07) is 13.5. The number of carbonyl (C=O) groups excluding carboxylic acids is 1. The van der Waals surface area contributed by atoms with Gasteiger partial charge in [0.05, 0.1) is 12.8 Å². The molecule has 2 rings (SSSR count). The van der Waals surface area contributed by atoms with Gasteiger partial charge in [-0.3, -0.25) is 10.7 Å². The SMILES string of the molecule is COc1cc(C(=N)N)ccc1NC(=O)Oc1ccccc1.